The quantitative estimate of drug-likeness (QED) is 0.837. The fourth-order valence-corrected chi connectivity index (χ4v) is 2.85. The van der Waals surface area contributed by atoms with E-state index < -0.39 is 5.54 Å². The summed E-state index contributed by atoms with van der Waals surface area (Å²) >= 11 is 11.9. The molecular weight excluding hydrogens is 297 g/mol. The molecule has 5 heteroatoms. The van der Waals surface area contributed by atoms with Crippen molar-refractivity contribution in [3.05, 3.63) is 39.9 Å². The van der Waals surface area contributed by atoms with Crippen molar-refractivity contribution in [1.82, 2.24) is 5.32 Å². The normalized spacial score (nSPS) is 17.6. The van der Waals surface area contributed by atoms with E-state index in [9.17, 15) is 9.90 Å². The molecule has 1 saturated carbocycles. The SMILES string of the molecule is O=C(C=Cc1cc(Cl)ccc1Cl)NC1(CO)CCCC1. The van der Waals surface area contributed by atoms with E-state index in [4.69, 9.17) is 23.2 Å². The third kappa shape index (κ3) is 3.75. The molecule has 0 radical (unpaired) electrons. The Bertz CT molecular complexity index is 523. The van der Waals surface area contributed by atoms with Gasteiger partial charge in [0.05, 0.1) is 12.1 Å². The Morgan fingerprint density at radius 3 is 2.70 bits per heavy atom. The van der Waals surface area contributed by atoms with Crippen LogP contribution in [0.4, 0.5) is 0 Å². The lowest BCUT2D eigenvalue weighted by molar-refractivity contribution is -0.118. The molecule has 0 atom stereocenters. The smallest absolute Gasteiger partial charge is 0.244 e. The molecule has 0 heterocycles. The van der Waals surface area contributed by atoms with Crippen LogP contribution in [0.25, 0.3) is 6.08 Å². The van der Waals surface area contributed by atoms with Gasteiger partial charge in [-0.15, -0.1) is 0 Å². The summed E-state index contributed by atoms with van der Waals surface area (Å²) in [6.07, 6.45) is 6.76. The number of aliphatic hydroxyl groups is 1. The molecule has 0 unspecified atom stereocenters. The van der Waals surface area contributed by atoms with Crippen LogP contribution >= 0.6 is 23.2 Å². The van der Waals surface area contributed by atoms with Crippen molar-refractivity contribution in [1.29, 1.82) is 0 Å². The Morgan fingerprint density at radius 2 is 2.05 bits per heavy atom. The number of carbonyl (C=O) groups is 1. The average molecular weight is 314 g/mol. The van der Waals surface area contributed by atoms with Gasteiger partial charge in [-0.3, -0.25) is 4.79 Å². The highest BCUT2D eigenvalue weighted by Crippen LogP contribution is 2.29. The van der Waals surface area contributed by atoms with Crippen LogP contribution in [0, 0.1) is 0 Å². The summed E-state index contributed by atoms with van der Waals surface area (Å²) in [6, 6.07) is 5.08. The number of carbonyl (C=O) groups excluding carboxylic acids is 1. The van der Waals surface area contributed by atoms with E-state index in [0.717, 1.165) is 25.7 Å². The number of hydrogen-bond acceptors (Lipinski definition) is 2. The molecule has 0 aliphatic heterocycles. The van der Waals surface area contributed by atoms with Gasteiger partial charge < -0.3 is 10.4 Å². The summed E-state index contributed by atoms with van der Waals surface area (Å²) in [4.78, 5) is 11.9. The zero-order chi connectivity index (χ0) is 14.6. The van der Waals surface area contributed by atoms with E-state index >= 15 is 0 Å². The van der Waals surface area contributed by atoms with E-state index in [-0.39, 0.29) is 12.5 Å². The van der Waals surface area contributed by atoms with Gasteiger partial charge in [-0.25, -0.2) is 0 Å². The van der Waals surface area contributed by atoms with E-state index in [1.165, 1.54) is 6.08 Å². The van der Waals surface area contributed by atoms with Crippen LogP contribution in [0.15, 0.2) is 24.3 Å². The lowest BCUT2D eigenvalue weighted by atomic mass is 9.99. The molecule has 1 aliphatic carbocycles. The van der Waals surface area contributed by atoms with Crippen molar-refractivity contribution in [2.45, 2.75) is 31.2 Å². The standard InChI is InChI=1S/C15H17Cl2NO2/c16-12-4-5-13(17)11(9-12)3-6-14(20)18-15(10-19)7-1-2-8-15/h3-6,9,19H,1-2,7-8,10H2,(H,18,20). The van der Waals surface area contributed by atoms with Gasteiger partial charge in [-0.05, 0) is 42.7 Å². The molecule has 0 aromatic heterocycles. The fraction of sp³-hybridized carbons (Fsp3) is 0.400. The molecule has 20 heavy (non-hydrogen) atoms. The second-order valence-corrected chi connectivity index (χ2v) is 5.98. The van der Waals surface area contributed by atoms with E-state index in [1.807, 2.05) is 0 Å². The summed E-state index contributed by atoms with van der Waals surface area (Å²) in [5, 5.41) is 13.5. The maximum absolute atomic E-state index is 11.9. The van der Waals surface area contributed by atoms with Gasteiger partial charge in [-0.1, -0.05) is 36.0 Å². The lowest BCUT2D eigenvalue weighted by Gasteiger charge is -2.27. The minimum atomic E-state index is -0.459. The molecule has 1 aromatic carbocycles. The fourth-order valence-electron chi connectivity index (χ4n) is 2.49. The molecule has 0 saturated heterocycles. The Hall–Kier alpha value is -1.03. The lowest BCUT2D eigenvalue weighted by Crippen LogP contribution is -2.48. The van der Waals surface area contributed by atoms with Crippen LogP contribution in [0.3, 0.4) is 0 Å². The van der Waals surface area contributed by atoms with Crippen LogP contribution < -0.4 is 5.32 Å². The van der Waals surface area contributed by atoms with Crippen molar-refractivity contribution < 1.29 is 9.90 Å². The predicted molar refractivity (Wildman–Crippen MR) is 81.9 cm³/mol. The maximum Gasteiger partial charge on any atom is 0.244 e. The highest BCUT2D eigenvalue weighted by Gasteiger charge is 2.33. The number of aliphatic hydroxyl groups excluding tert-OH is 1. The zero-order valence-electron chi connectivity index (χ0n) is 11.0. The van der Waals surface area contributed by atoms with Gasteiger partial charge in [0.25, 0.3) is 0 Å². The largest absolute Gasteiger partial charge is 0.394 e. The van der Waals surface area contributed by atoms with Crippen LogP contribution in [0.5, 0.6) is 0 Å². The van der Waals surface area contributed by atoms with Crippen LogP contribution in [-0.4, -0.2) is 23.2 Å². The first-order valence-electron chi connectivity index (χ1n) is 6.61. The highest BCUT2D eigenvalue weighted by atomic mass is 35.5. The van der Waals surface area contributed by atoms with Gasteiger partial charge in [0, 0.05) is 16.1 Å². The molecule has 3 nitrogen and oxygen atoms in total. The first kappa shape index (κ1) is 15.4. The van der Waals surface area contributed by atoms with E-state index in [1.54, 1.807) is 24.3 Å². The van der Waals surface area contributed by atoms with Crippen LogP contribution in [0.2, 0.25) is 10.0 Å². The number of nitrogens with one attached hydrogen (secondary N) is 1. The van der Waals surface area contributed by atoms with E-state index in [2.05, 4.69) is 5.32 Å². The molecule has 0 bridgehead atoms. The van der Waals surface area contributed by atoms with Gasteiger partial charge in [0.15, 0.2) is 0 Å². The van der Waals surface area contributed by atoms with Gasteiger partial charge in [-0.2, -0.15) is 0 Å². The molecule has 1 aromatic rings. The minimum Gasteiger partial charge on any atom is -0.394 e. The summed E-state index contributed by atoms with van der Waals surface area (Å²) in [5.41, 5.74) is 0.235. The van der Waals surface area contributed by atoms with Crippen molar-refractivity contribution in [2.75, 3.05) is 6.61 Å². The number of benzene rings is 1. The Kier molecular flexibility index (Phi) is 5.08. The average Bonchev–Trinajstić information content (AvgIpc) is 2.89. The molecular formula is C15H17Cl2NO2. The maximum atomic E-state index is 11.9. The third-order valence-electron chi connectivity index (χ3n) is 3.62. The molecule has 0 spiro atoms. The summed E-state index contributed by atoms with van der Waals surface area (Å²) in [6.45, 7) is -0.0233. The molecule has 1 fully saturated rings. The summed E-state index contributed by atoms with van der Waals surface area (Å²) in [7, 11) is 0. The van der Waals surface area contributed by atoms with Crippen molar-refractivity contribution in [2.24, 2.45) is 0 Å². The topological polar surface area (TPSA) is 49.3 Å². The summed E-state index contributed by atoms with van der Waals surface area (Å²) < 4.78 is 0. The number of rotatable bonds is 4. The third-order valence-corrected chi connectivity index (χ3v) is 4.20. The second kappa shape index (κ2) is 6.61. The van der Waals surface area contributed by atoms with Crippen molar-refractivity contribution in [3.63, 3.8) is 0 Å². The monoisotopic (exact) mass is 313 g/mol. The molecule has 2 N–H and O–H groups in total. The zero-order valence-corrected chi connectivity index (χ0v) is 12.5. The summed E-state index contributed by atoms with van der Waals surface area (Å²) in [5.74, 6) is -0.225. The molecule has 1 aliphatic rings. The minimum absolute atomic E-state index is 0.0233. The Labute approximate surface area is 128 Å². The van der Waals surface area contributed by atoms with E-state index in [0.29, 0.717) is 15.6 Å². The Balaban J connectivity index is 2.03. The first-order chi connectivity index (χ1) is 9.54. The molecule has 108 valence electrons. The second-order valence-electron chi connectivity index (χ2n) is 5.13. The Morgan fingerprint density at radius 1 is 1.35 bits per heavy atom. The van der Waals surface area contributed by atoms with Crippen molar-refractivity contribution >= 4 is 35.2 Å². The van der Waals surface area contributed by atoms with Crippen LogP contribution in [0.1, 0.15) is 31.2 Å². The predicted octanol–water partition coefficient (Wildman–Crippen LogP) is 3.43. The first-order valence-corrected chi connectivity index (χ1v) is 7.36. The number of hydrogen-bond donors (Lipinski definition) is 2. The van der Waals surface area contributed by atoms with Gasteiger partial charge >= 0.3 is 0 Å². The molecule has 2 rings (SSSR count). The van der Waals surface area contributed by atoms with Gasteiger partial charge in [0.1, 0.15) is 0 Å². The van der Waals surface area contributed by atoms with Crippen molar-refractivity contribution in [3.8, 4) is 0 Å². The van der Waals surface area contributed by atoms with Crippen LogP contribution in [-0.2, 0) is 4.79 Å². The van der Waals surface area contributed by atoms with Gasteiger partial charge in [0.2, 0.25) is 5.91 Å². The molecule has 1 amide bonds. The number of amides is 1. The number of halogens is 2. The highest BCUT2D eigenvalue weighted by molar-refractivity contribution is 6.34.